The summed E-state index contributed by atoms with van der Waals surface area (Å²) in [7, 11) is -1.49. The van der Waals surface area contributed by atoms with Crippen molar-refractivity contribution < 1.29 is 27.5 Å². The smallest absolute Gasteiger partial charge is 0.264 e. The fourth-order valence-corrected chi connectivity index (χ4v) is 6.91. The van der Waals surface area contributed by atoms with Crippen molar-refractivity contribution in [2.75, 3.05) is 31.6 Å². The number of rotatable bonds is 14. The summed E-state index contributed by atoms with van der Waals surface area (Å²) in [6.45, 7) is 3.18. The summed E-state index contributed by atoms with van der Waals surface area (Å²) in [5.74, 6) is -0.497. The molecule has 0 radical (unpaired) electrons. The van der Waals surface area contributed by atoms with Crippen molar-refractivity contribution in [1.82, 2.24) is 10.2 Å². The zero-order valence-corrected chi connectivity index (χ0v) is 28.9. The number of halogens is 2. The molecule has 0 unspecified atom stereocenters. The lowest BCUT2D eigenvalue weighted by molar-refractivity contribution is -0.140. The molecule has 1 N–H and O–H groups in total. The van der Waals surface area contributed by atoms with Gasteiger partial charge in [-0.05, 0) is 61.4 Å². The number of ether oxygens (including phenoxy) is 2. The summed E-state index contributed by atoms with van der Waals surface area (Å²) in [5, 5.41) is 3.53. The van der Waals surface area contributed by atoms with Crippen molar-refractivity contribution in [1.29, 1.82) is 0 Å². The van der Waals surface area contributed by atoms with Crippen LogP contribution in [0.4, 0.5) is 5.69 Å². The highest BCUT2D eigenvalue weighted by atomic mass is 35.5. The molecule has 4 aromatic rings. The van der Waals surface area contributed by atoms with Gasteiger partial charge in [0.25, 0.3) is 10.0 Å². The minimum absolute atomic E-state index is 0.0300. The summed E-state index contributed by atoms with van der Waals surface area (Å²) in [5.41, 5.74) is 2.28. The Labute approximate surface area is 286 Å². The Bertz CT molecular complexity index is 1800. The molecule has 9 nitrogen and oxygen atoms in total. The number of benzene rings is 4. The van der Waals surface area contributed by atoms with Gasteiger partial charge in [-0.3, -0.25) is 13.9 Å². The summed E-state index contributed by atoms with van der Waals surface area (Å²) in [6, 6.07) is 24.1. The predicted molar refractivity (Wildman–Crippen MR) is 185 cm³/mol. The molecule has 4 rings (SSSR count). The van der Waals surface area contributed by atoms with Gasteiger partial charge in [0.05, 0.1) is 24.8 Å². The molecule has 0 saturated carbocycles. The first kappa shape index (κ1) is 35.6. The van der Waals surface area contributed by atoms with E-state index >= 15 is 0 Å². The van der Waals surface area contributed by atoms with Crippen molar-refractivity contribution in [3.8, 4) is 11.5 Å². The number of hydrogen-bond acceptors (Lipinski definition) is 6. The molecule has 12 heteroatoms. The van der Waals surface area contributed by atoms with Crippen LogP contribution in [-0.4, -0.2) is 58.5 Å². The molecule has 248 valence electrons. The van der Waals surface area contributed by atoms with Crippen LogP contribution < -0.4 is 19.1 Å². The van der Waals surface area contributed by atoms with Gasteiger partial charge in [-0.2, -0.15) is 0 Å². The first-order valence-electron chi connectivity index (χ1n) is 14.8. The highest BCUT2D eigenvalue weighted by Crippen LogP contribution is 2.36. The predicted octanol–water partition coefficient (Wildman–Crippen LogP) is 6.29. The molecule has 0 bridgehead atoms. The number of anilines is 1. The van der Waals surface area contributed by atoms with E-state index in [1.807, 2.05) is 37.3 Å². The minimum Gasteiger partial charge on any atom is -0.497 e. The fourth-order valence-electron chi connectivity index (χ4n) is 5.02. The van der Waals surface area contributed by atoms with Crippen LogP contribution in [0.3, 0.4) is 0 Å². The Balaban J connectivity index is 1.88. The minimum atomic E-state index is -4.35. The van der Waals surface area contributed by atoms with Crippen molar-refractivity contribution in [2.45, 2.75) is 37.8 Å². The number of hydrogen-bond donors (Lipinski definition) is 1. The standard InChI is InChI=1S/C35H37Cl2N3O6S/c1-5-38-35(42)32(19-25-9-7-6-8-10-25)39(22-26-13-14-27(36)20-30(26)37)34(41)23-40(31-21-28(45-3)15-18-33(31)46-4)47(43,44)29-16-11-24(2)12-17-29/h6-18,20-21,32H,5,19,22-23H2,1-4H3,(H,38,42)/t32-/m1/s1. The average molecular weight is 699 g/mol. The van der Waals surface area contributed by atoms with E-state index in [9.17, 15) is 18.0 Å². The second-order valence-corrected chi connectivity index (χ2v) is 13.4. The van der Waals surface area contributed by atoms with Gasteiger partial charge in [-0.25, -0.2) is 8.42 Å². The third-order valence-electron chi connectivity index (χ3n) is 7.52. The molecule has 0 aliphatic heterocycles. The monoisotopic (exact) mass is 697 g/mol. The number of methoxy groups -OCH3 is 2. The van der Waals surface area contributed by atoms with Gasteiger partial charge in [0, 0.05) is 35.6 Å². The number of likely N-dealkylation sites (N-methyl/N-ethyl adjacent to an activating group) is 1. The Hall–Kier alpha value is -4.25. The van der Waals surface area contributed by atoms with E-state index in [-0.39, 0.29) is 29.3 Å². The zero-order valence-electron chi connectivity index (χ0n) is 26.6. The third kappa shape index (κ3) is 8.77. The van der Waals surface area contributed by atoms with E-state index in [0.29, 0.717) is 27.9 Å². The molecule has 1 atom stereocenters. The lowest BCUT2D eigenvalue weighted by Crippen LogP contribution is -2.53. The Kier molecular flexibility index (Phi) is 12.1. The van der Waals surface area contributed by atoms with Gasteiger partial charge < -0.3 is 19.7 Å². The van der Waals surface area contributed by atoms with Crippen molar-refractivity contribution >= 4 is 50.7 Å². The largest absolute Gasteiger partial charge is 0.497 e. The Morgan fingerprint density at radius 2 is 1.60 bits per heavy atom. The molecule has 0 heterocycles. The van der Waals surface area contributed by atoms with Gasteiger partial charge >= 0.3 is 0 Å². The van der Waals surface area contributed by atoms with Crippen molar-refractivity contribution in [3.63, 3.8) is 0 Å². The Morgan fingerprint density at radius 1 is 0.894 bits per heavy atom. The van der Waals surface area contributed by atoms with E-state index in [2.05, 4.69) is 5.32 Å². The van der Waals surface area contributed by atoms with Crippen LogP contribution in [0, 0.1) is 6.92 Å². The van der Waals surface area contributed by atoms with Crippen LogP contribution in [0.15, 0.2) is 95.9 Å². The summed E-state index contributed by atoms with van der Waals surface area (Å²) < 4.78 is 40.7. The molecule has 47 heavy (non-hydrogen) atoms. The molecule has 0 fully saturated rings. The third-order valence-corrected chi connectivity index (χ3v) is 9.88. The van der Waals surface area contributed by atoms with E-state index in [1.165, 1.54) is 37.3 Å². The van der Waals surface area contributed by atoms with Crippen LogP contribution in [0.1, 0.15) is 23.6 Å². The quantitative estimate of drug-likeness (QED) is 0.166. The lowest BCUT2D eigenvalue weighted by atomic mass is 10.0. The second kappa shape index (κ2) is 16.0. The van der Waals surface area contributed by atoms with E-state index in [4.69, 9.17) is 32.7 Å². The number of sulfonamides is 1. The number of amides is 2. The lowest BCUT2D eigenvalue weighted by Gasteiger charge is -2.34. The van der Waals surface area contributed by atoms with E-state index in [1.54, 1.807) is 49.4 Å². The highest BCUT2D eigenvalue weighted by Gasteiger charge is 2.36. The first-order chi connectivity index (χ1) is 22.5. The van der Waals surface area contributed by atoms with Crippen LogP contribution in [0.25, 0.3) is 0 Å². The van der Waals surface area contributed by atoms with Crippen LogP contribution in [0.5, 0.6) is 11.5 Å². The van der Waals surface area contributed by atoms with Crippen LogP contribution in [-0.2, 0) is 32.6 Å². The van der Waals surface area contributed by atoms with Gasteiger partial charge in [0.15, 0.2) is 0 Å². The number of carbonyl (C=O) groups excluding carboxylic acids is 2. The van der Waals surface area contributed by atoms with Crippen molar-refractivity contribution in [2.24, 2.45) is 0 Å². The molecule has 0 spiro atoms. The number of aryl methyl sites for hydroxylation is 1. The number of nitrogens with one attached hydrogen (secondary N) is 1. The second-order valence-electron chi connectivity index (χ2n) is 10.7. The molecule has 4 aromatic carbocycles. The van der Waals surface area contributed by atoms with Gasteiger partial charge in [-0.15, -0.1) is 0 Å². The van der Waals surface area contributed by atoms with E-state index in [0.717, 1.165) is 15.4 Å². The zero-order chi connectivity index (χ0) is 34.1. The maximum absolute atomic E-state index is 14.6. The summed E-state index contributed by atoms with van der Waals surface area (Å²) in [6.07, 6.45) is 0.164. The SMILES string of the molecule is CCNC(=O)[C@@H](Cc1ccccc1)N(Cc1ccc(Cl)cc1Cl)C(=O)CN(c1cc(OC)ccc1OC)S(=O)(=O)c1ccc(C)cc1. The molecular weight excluding hydrogens is 661 g/mol. The number of carbonyl (C=O) groups is 2. The van der Waals surface area contributed by atoms with Gasteiger partial charge in [-0.1, -0.05) is 77.3 Å². The maximum atomic E-state index is 14.6. The fraction of sp³-hybridized carbons (Fsp3) is 0.257. The molecule has 2 amide bonds. The summed E-state index contributed by atoms with van der Waals surface area (Å²) >= 11 is 12.7. The molecule has 0 aliphatic carbocycles. The van der Waals surface area contributed by atoms with E-state index < -0.39 is 34.4 Å². The number of nitrogens with zero attached hydrogens (tertiary/aromatic N) is 2. The molecule has 0 saturated heterocycles. The van der Waals surface area contributed by atoms with Crippen molar-refractivity contribution in [3.05, 3.63) is 118 Å². The molecular formula is C35H37Cl2N3O6S. The van der Waals surface area contributed by atoms with Crippen LogP contribution >= 0.6 is 23.2 Å². The first-order valence-corrected chi connectivity index (χ1v) is 17.0. The van der Waals surface area contributed by atoms with Crippen LogP contribution in [0.2, 0.25) is 10.0 Å². The molecule has 0 aromatic heterocycles. The van der Waals surface area contributed by atoms with Gasteiger partial charge in [0.2, 0.25) is 11.8 Å². The highest BCUT2D eigenvalue weighted by molar-refractivity contribution is 7.92. The summed E-state index contributed by atoms with van der Waals surface area (Å²) in [4.78, 5) is 29.6. The van der Waals surface area contributed by atoms with Gasteiger partial charge in [0.1, 0.15) is 24.1 Å². The Morgan fingerprint density at radius 3 is 2.21 bits per heavy atom. The molecule has 0 aliphatic rings. The normalized spacial score (nSPS) is 11.8. The average Bonchev–Trinajstić information content (AvgIpc) is 3.06. The topological polar surface area (TPSA) is 105 Å². The maximum Gasteiger partial charge on any atom is 0.264 e.